The number of halogens is 1. The Balaban J connectivity index is 0.00000300. The van der Waals surface area contributed by atoms with Gasteiger partial charge in [-0.05, 0) is 36.6 Å². The lowest BCUT2D eigenvalue weighted by atomic mass is 10.1. The number of carbonyl (C=O) groups excluding carboxylic acids is 1. The maximum absolute atomic E-state index is 12.0. The first-order valence-electron chi connectivity index (χ1n) is 8.83. The standard InChI is InChI=1S/C19H20N4O5.ClH/c20-14-5-3-13(4-6-14)9-10-21-18(24)2-1-11-22-16-8-7-15(23(26)27)12-17(16)28-19(22)25;/h3-8,12H,1-2,9-11,20H2,(H,21,24);1H. The minimum Gasteiger partial charge on any atom is -0.407 e. The highest BCUT2D eigenvalue weighted by atomic mass is 35.5. The summed E-state index contributed by atoms with van der Waals surface area (Å²) in [6.45, 7) is 0.802. The van der Waals surface area contributed by atoms with E-state index in [2.05, 4.69) is 5.32 Å². The Morgan fingerprint density at radius 1 is 1.21 bits per heavy atom. The van der Waals surface area contributed by atoms with Crippen LogP contribution in [0.5, 0.6) is 0 Å². The number of nitro groups is 1. The number of aryl methyl sites for hydroxylation is 1. The van der Waals surface area contributed by atoms with Gasteiger partial charge in [0.05, 0.1) is 16.5 Å². The largest absolute Gasteiger partial charge is 0.419 e. The lowest BCUT2D eigenvalue weighted by molar-refractivity contribution is -0.384. The molecule has 29 heavy (non-hydrogen) atoms. The molecule has 1 amide bonds. The molecule has 0 bridgehead atoms. The Kier molecular flexibility index (Phi) is 7.38. The van der Waals surface area contributed by atoms with Crippen LogP contribution >= 0.6 is 12.4 Å². The first kappa shape index (κ1) is 22.0. The number of anilines is 1. The van der Waals surface area contributed by atoms with Crippen molar-refractivity contribution in [2.24, 2.45) is 0 Å². The van der Waals surface area contributed by atoms with Crippen LogP contribution in [0.15, 0.2) is 51.7 Å². The first-order chi connectivity index (χ1) is 13.4. The number of nitrogens with one attached hydrogen (secondary N) is 1. The number of fused-ring (bicyclic) bond motifs is 1. The second-order valence-electron chi connectivity index (χ2n) is 6.37. The third-order valence-electron chi connectivity index (χ3n) is 4.36. The number of nitrogens with zero attached hydrogens (tertiary/aromatic N) is 2. The molecule has 0 aliphatic carbocycles. The normalized spacial score (nSPS) is 10.5. The monoisotopic (exact) mass is 420 g/mol. The molecule has 3 rings (SSSR count). The van der Waals surface area contributed by atoms with Crippen LogP contribution in [0.4, 0.5) is 11.4 Å². The molecule has 3 aromatic rings. The molecule has 0 saturated carbocycles. The topological polar surface area (TPSA) is 133 Å². The van der Waals surface area contributed by atoms with Crippen molar-refractivity contribution in [3.05, 3.63) is 68.7 Å². The average molecular weight is 421 g/mol. The van der Waals surface area contributed by atoms with Gasteiger partial charge in [0, 0.05) is 31.3 Å². The third kappa shape index (κ3) is 5.58. The Bertz CT molecular complexity index is 1060. The maximum atomic E-state index is 12.0. The number of nitrogens with two attached hydrogens (primary N) is 1. The lowest BCUT2D eigenvalue weighted by Gasteiger charge is -2.06. The van der Waals surface area contributed by atoms with E-state index in [-0.39, 0.29) is 42.6 Å². The summed E-state index contributed by atoms with van der Waals surface area (Å²) in [6, 6.07) is 11.5. The van der Waals surface area contributed by atoms with E-state index in [1.165, 1.54) is 22.8 Å². The molecule has 0 spiro atoms. The molecule has 3 N–H and O–H groups in total. The van der Waals surface area contributed by atoms with Crippen molar-refractivity contribution in [2.45, 2.75) is 25.8 Å². The third-order valence-corrected chi connectivity index (χ3v) is 4.36. The Labute approximate surface area is 172 Å². The summed E-state index contributed by atoms with van der Waals surface area (Å²) >= 11 is 0. The molecule has 0 saturated heterocycles. The molecule has 0 radical (unpaired) electrons. The summed E-state index contributed by atoms with van der Waals surface area (Å²) in [7, 11) is 0. The quantitative estimate of drug-likeness (QED) is 0.327. The van der Waals surface area contributed by atoms with Gasteiger partial charge in [-0.2, -0.15) is 0 Å². The van der Waals surface area contributed by atoms with Gasteiger partial charge in [0.25, 0.3) is 5.69 Å². The predicted molar refractivity (Wildman–Crippen MR) is 111 cm³/mol. The van der Waals surface area contributed by atoms with Crippen molar-refractivity contribution in [3.8, 4) is 0 Å². The molecule has 1 aromatic heterocycles. The van der Waals surface area contributed by atoms with E-state index in [0.29, 0.717) is 30.6 Å². The summed E-state index contributed by atoms with van der Waals surface area (Å²) in [5.41, 5.74) is 7.90. The number of rotatable bonds is 8. The van der Waals surface area contributed by atoms with E-state index in [1.807, 2.05) is 24.3 Å². The average Bonchev–Trinajstić information content (AvgIpc) is 2.98. The van der Waals surface area contributed by atoms with Gasteiger partial charge < -0.3 is 15.5 Å². The lowest BCUT2D eigenvalue weighted by Crippen LogP contribution is -2.26. The molecule has 154 valence electrons. The van der Waals surface area contributed by atoms with Crippen molar-refractivity contribution >= 4 is 40.8 Å². The zero-order valence-corrected chi connectivity index (χ0v) is 16.3. The number of amides is 1. The van der Waals surface area contributed by atoms with Crippen molar-refractivity contribution in [3.63, 3.8) is 0 Å². The van der Waals surface area contributed by atoms with Gasteiger partial charge in [-0.25, -0.2) is 4.79 Å². The number of hydrogen-bond donors (Lipinski definition) is 2. The fourth-order valence-electron chi connectivity index (χ4n) is 2.90. The van der Waals surface area contributed by atoms with Crippen LogP contribution in [-0.2, 0) is 17.8 Å². The summed E-state index contributed by atoms with van der Waals surface area (Å²) in [4.78, 5) is 34.2. The molecule has 0 unspecified atom stereocenters. The van der Waals surface area contributed by atoms with E-state index < -0.39 is 10.7 Å². The summed E-state index contributed by atoms with van der Waals surface area (Å²) in [5.74, 6) is -0.703. The summed E-state index contributed by atoms with van der Waals surface area (Å²) in [6.07, 6.45) is 1.41. The molecular formula is C19H21ClN4O5. The molecule has 1 heterocycles. The second-order valence-corrected chi connectivity index (χ2v) is 6.37. The number of aromatic nitrogens is 1. The van der Waals surface area contributed by atoms with Gasteiger partial charge in [0.15, 0.2) is 5.58 Å². The molecule has 0 aliphatic heterocycles. The minimum atomic E-state index is -0.598. The van der Waals surface area contributed by atoms with Crippen LogP contribution in [0.25, 0.3) is 11.1 Å². The smallest absolute Gasteiger partial charge is 0.407 e. The van der Waals surface area contributed by atoms with Crippen LogP contribution < -0.4 is 16.8 Å². The van der Waals surface area contributed by atoms with E-state index in [9.17, 15) is 19.7 Å². The zero-order chi connectivity index (χ0) is 20.1. The maximum Gasteiger partial charge on any atom is 0.419 e. The Hall–Kier alpha value is -3.33. The number of non-ortho nitro benzene ring substituents is 1. The van der Waals surface area contributed by atoms with Gasteiger partial charge in [-0.1, -0.05) is 12.1 Å². The van der Waals surface area contributed by atoms with Crippen LogP contribution in [0.1, 0.15) is 18.4 Å². The van der Waals surface area contributed by atoms with Gasteiger partial charge in [-0.3, -0.25) is 19.5 Å². The molecule has 10 heteroatoms. The second kappa shape index (κ2) is 9.74. The molecule has 0 aliphatic rings. The molecule has 0 fully saturated rings. The van der Waals surface area contributed by atoms with Crippen LogP contribution in [-0.4, -0.2) is 21.9 Å². The highest BCUT2D eigenvalue weighted by Gasteiger charge is 2.14. The SMILES string of the molecule is Cl.Nc1ccc(CCNC(=O)CCCn2c(=O)oc3cc([N+](=O)[O-])ccc32)cc1. The zero-order valence-electron chi connectivity index (χ0n) is 15.5. The van der Waals surface area contributed by atoms with E-state index in [0.717, 1.165) is 5.56 Å². The number of nitrogen functional groups attached to an aromatic ring is 1. The molecular weight excluding hydrogens is 400 g/mol. The van der Waals surface area contributed by atoms with Crippen molar-refractivity contribution in [1.29, 1.82) is 0 Å². The first-order valence-corrected chi connectivity index (χ1v) is 8.83. The molecule has 0 atom stereocenters. The fraction of sp³-hybridized carbons (Fsp3) is 0.263. The Morgan fingerprint density at radius 3 is 2.62 bits per heavy atom. The van der Waals surface area contributed by atoms with Crippen molar-refractivity contribution in [2.75, 3.05) is 12.3 Å². The number of nitro benzene ring substituents is 1. The van der Waals surface area contributed by atoms with Crippen molar-refractivity contribution < 1.29 is 14.1 Å². The number of oxazole rings is 1. The summed E-state index contributed by atoms with van der Waals surface area (Å²) < 4.78 is 6.44. The van der Waals surface area contributed by atoms with E-state index in [4.69, 9.17) is 10.2 Å². The number of carbonyl (C=O) groups is 1. The van der Waals surface area contributed by atoms with Crippen LogP contribution in [0.2, 0.25) is 0 Å². The molecule has 2 aromatic carbocycles. The summed E-state index contributed by atoms with van der Waals surface area (Å²) in [5, 5.41) is 13.6. The highest BCUT2D eigenvalue weighted by molar-refractivity contribution is 5.85. The van der Waals surface area contributed by atoms with Gasteiger partial charge in [-0.15, -0.1) is 12.4 Å². The molecule has 9 nitrogen and oxygen atoms in total. The van der Waals surface area contributed by atoms with E-state index >= 15 is 0 Å². The minimum absolute atomic E-state index is 0. The fourth-order valence-corrected chi connectivity index (χ4v) is 2.90. The van der Waals surface area contributed by atoms with Crippen molar-refractivity contribution in [1.82, 2.24) is 9.88 Å². The predicted octanol–water partition coefficient (Wildman–Crippen LogP) is 2.65. The van der Waals surface area contributed by atoms with Gasteiger partial charge in [0.1, 0.15) is 0 Å². The van der Waals surface area contributed by atoms with Gasteiger partial charge >= 0.3 is 5.76 Å². The number of hydrogen-bond acceptors (Lipinski definition) is 6. The van der Waals surface area contributed by atoms with E-state index in [1.54, 1.807) is 0 Å². The highest BCUT2D eigenvalue weighted by Crippen LogP contribution is 2.20. The Morgan fingerprint density at radius 2 is 1.93 bits per heavy atom. The van der Waals surface area contributed by atoms with Gasteiger partial charge in [0.2, 0.25) is 5.91 Å². The van der Waals surface area contributed by atoms with Crippen LogP contribution in [0.3, 0.4) is 0 Å². The number of benzene rings is 2. The van der Waals surface area contributed by atoms with Crippen LogP contribution in [0, 0.1) is 10.1 Å².